The van der Waals surface area contributed by atoms with Crippen molar-refractivity contribution < 1.29 is 19.1 Å². The number of rotatable bonds is 5. The molecule has 0 aromatic heterocycles. The van der Waals surface area contributed by atoms with Crippen LogP contribution in [0.25, 0.3) is 0 Å². The van der Waals surface area contributed by atoms with Crippen LogP contribution in [0.3, 0.4) is 0 Å². The Morgan fingerprint density at radius 2 is 1.62 bits per heavy atom. The molecule has 0 spiro atoms. The fraction of sp³-hybridized carbons (Fsp3) is 0.125. The van der Waals surface area contributed by atoms with Gasteiger partial charge < -0.3 is 20.0 Å². The number of nitrogens with two attached hydrogens (primary N) is 1. The Bertz CT molecular complexity index is 776. The molecule has 8 heteroatoms. The van der Waals surface area contributed by atoms with Crippen LogP contribution in [0.4, 0.5) is 0 Å². The summed E-state index contributed by atoms with van der Waals surface area (Å²) in [5.41, 5.74) is 6.33. The van der Waals surface area contributed by atoms with Gasteiger partial charge in [0.1, 0.15) is 11.3 Å². The van der Waals surface area contributed by atoms with Gasteiger partial charge in [0.2, 0.25) is 0 Å². The quantitative estimate of drug-likeness (QED) is 0.378. The number of benzene rings is 2. The minimum Gasteiger partial charge on any atom is -0.497 e. The Morgan fingerprint density at radius 1 is 1.00 bits per heavy atom. The van der Waals surface area contributed by atoms with Crippen molar-refractivity contribution in [2.45, 2.75) is 0 Å². The van der Waals surface area contributed by atoms with Gasteiger partial charge in [-0.25, -0.2) is 4.79 Å². The highest BCUT2D eigenvalue weighted by Crippen LogP contribution is 2.34. The van der Waals surface area contributed by atoms with Gasteiger partial charge >= 0.3 is 5.97 Å². The summed E-state index contributed by atoms with van der Waals surface area (Å²) >= 11 is 12.0. The predicted molar refractivity (Wildman–Crippen MR) is 92.1 cm³/mol. The minimum absolute atomic E-state index is 0.0168. The van der Waals surface area contributed by atoms with Crippen LogP contribution in [0.15, 0.2) is 41.6 Å². The highest BCUT2D eigenvalue weighted by Gasteiger charge is 2.21. The summed E-state index contributed by atoms with van der Waals surface area (Å²) in [5, 5.41) is 3.97. The number of methoxy groups -OCH3 is 2. The summed E-state index contributed by atoms with van der Waals surface area (Å²) in [4.78, 5) is 17.1. The molecule has 0 atom stereocenters. The average molecular weight is 369 g/mol. The van der Waals surface area contributed by atoms with Gasteiger partial charge in [0.05, 0.1) is 24.3 Å². The Morgan fingerprint density at radius 3 is 2.21 bits per heavy atom. The highest BCUT2D eigenvalue weighted by molar-refractivity contribution is 6.37. The van der Waals surface area contributed by atoms with Crippen molar-refractivity contribution in [2.75, 3.05) is 14.2 Å². The molecule has 0 bridgehead atoms. The van der Waals surface area contributed by atoms with Gasteiger partial charge in [0.15, 0.2) is 11.6 Å². The lowest BCUT2D eigenvalue weighted by atomic mass is 10.2. The van der Waals surface area contributed by atoms with E-state index >= 15 is 0 Å². The van der Waals surface area contributed by atoms with Gasteiger partial charge in [0, 0.05) is 5.56 Å². The van der Waals surface area contributed by atoms with Crippen molar-refractivity contribution in [3.63, 3.8) is 0 Å². The van der Waals surface area contributed by atoms with Crippen LogP contribution < -0.4 is 15.2 Å². The van der Waals surface area contributed by atoms with Crippen LogP contribution in [0.1, 0.15) is 15.9 Å². The fourth-order valence-electron chi connectivity index (χ4n) is 1.87. The number of carbonyl (C=O) groups is 1. The van der Waals surface area contributed by atoms with E-state index in [0.717, 1.165) is 0 Å². The minimum atomic E-state index is -0.837. The summed E-state index contributed by atoms with van der Waals surface area (Å²) < 4.78 is 10.1. The molecular weight excluding hydrogens is 355 g/mol. The van der Waals surface area contributed by atoms with Crippen molar-refractivity contribution in [1.82, 2.24) is 0 Å². The molecule has 0 unspecified atom stereocenters. The Hall–Kier alpha value is -2.44. The number of amidine groups is 1. The van der Waals surface area contributed by atoms with Crippen LogP contribution in [-0.4, -0.2) is 26.0 Å². The van der Waals surface area contributed by atoms with Crippen molar-refractivity contribution in [3.8, 4) is 11.5 Å². The fourth-order valence-corrected chi connectivity index (χ4v) is 2.33. The number of nitrogens with zero attached hydrogens (tertiary/aromatic N) is 1. The van der Waals surface area contributed by atoms with Crippen LogP contribution in [0.2, 0.25) is 10.0 Å². The number of hydrogen-bond acceptors (Lipinski definition) is 5. The Labute approximate surface area is 148 Å². The summed E-state index contributed by atoms with van der Waals surface area (Å²) in [6.07, 6.45) is 0. The lowest BCUT2D eigenvalue weighted by molar-refractivity contribution is 0.0512. The second-order valence-corrected chi connectivity index (χ2v) is 5.34. The van der Waals surface area contributed by atoms with E-state index in [-0.39, 0.29) is 27.2 Å². The monoisotopic (exact) mass is 368 g/mol. The van der Waals surface area contributed by atoms with E-state index < -0.39 is 5.97 Å². The number of ether oxygens (including phenoxy) is 2. The van der Waals surface area contributed by atoms with Crippen LogP contribution in [-0.2, 0) is 4.84 Å². The molecule has 2 rings (SSSR count). The third-order valence-corrected chi connectivity index (χ3v) is 3.69. The molecule has 0 aliphatic carbocycles. The molecule has 0 heterocycles. The first-order valence-corrected chi connectivity index (χ1v) is 7.44. The zero-order chi connectivity index (χ0) is 17.7. The summed E-state index contributed by atoms with van der Waals surface area (Å²) in [7, 11) is 2.92. The van der Waals surface area contributed by atoms with Gasteiger partial charge in [-0.15, -0.1) is 0 Å². The summed E-state index contributed by atoms with van der Waals surface area (Å²) in [6, 6.07) is 9.73. The smallest absolute Gasteiger partial charge is 0.371 e. The van der Waals surface area contributed by atoms with Gasteiger partial charge in [-0.1, -0.05) is 28.4 Å². The molecule has 0 aliphatic rings. The molecule has 0 aliphatic heterocycles. The number of oxime groups is 1. The first-order chi connectivity index (χ1) is 11.5. The highest BCUT2D eigenvalue weighted by atomic mass is 35.5. The molecule has 0 amide bonds. The van der Waals surface area contributed by atoms with E-state index in [1.165, 1.54) is 19.2 Å². The molecule has 0 saturated heterocycles. The maximum absolute atomic E-state index is 12.2. The van der Waals surface area contributed by atoms with Gasteiger partial charge in [0.25, 0.3) is 0 Å². The Balaban J connectivity index is 2.22. The summed E-state index contributed by atoms with van der Waals surface area (Å²) in [6.45, 7) is 0. The predicted octanol–water partition coefficient (Wildman–Crippen LogP) is 3.49. The maximum atomic E-state index is 12.2. The van der Waals surface area contributed by atoms with Crippen LogP contribution in [0.5, 0.6) is 11.5 Å². The molecule has 0 fully saturated rings. The van der Waals surface area contributed by atoms with Gasteiger partial charge in [-0.05, 0) is 36.4 Å². The lowest BCUT2D eigenvalue weighted by Crippen LogP contribution is -2.15. The largest absolute Gasteiger partial charge is 0.497 e. The van der Waals surface area contributed by atoms with E-state index in [4.69, 9.17) is 43.2 Å². The molecule has 2 aromatic carbocycles. The SMILES string of the molecule is COc1ccc(/C(N)=N/OC(=O)c2c(Cl)ccc(Cl)c2OC)cc1. The molecule has 24 heavy (non-hydrogen) atoms. The van der Waals surface area contributed by atoms with Crippen LogP contribution in [0, 0.1) is 0 Å². The third kappa shape index (κ3) is 3.90. The van der Waals surface area contributed by atoms with E-state index in [0.29, 0.717) is 11.3 Å². The van der Waals surface area contributed by atoms with Gasteiger partial charge in [-0.3, -0.25) is 0 Å². The van der Waals surface area contributed by atoms with E-state index in [9.17, 15) is 4.79 Å². The number of carbonyl (C=O) groups excluding carboxylic acids is 1. The first kappa shape index (κ1) is 17.9. The second-order valence-electron chi connectivity index (χ2n) is 4.52. The zero-order valence-corrected chi connectivity index (χ0v) is 14.4. The molecule has 0 saturated carbocycles. The molecular formula is C16H14Cl2N2O4. The topological polar surface area (TPSA) is 83.1 Å². The van der Waals surface area contributed by atoms with E-state index in [1.807, 2.05) is 0 Å². The van der Waals surface area contributed by atoms with E-state index in [2.05, 4.69) is 5.16 Å². The maximum Gasteiger partial charge on any atom is 0.371 e. The first-order valence-electron chi connectivity index (χ1n) is 6.69. The van der Waals surface area contributed by atoms with Crippen molar-refractivity contribution in [3.05, 3.63) is 57.6 Å². The molecule has 2 aromatic rings. The van der Waals surface area contributed by atoms with Gasteiger partial charge in [-0.2, -0.15) is 0 Å². The van der Waals surface area contributed by atoms with Crippen molar-refractivity contribution in [2.24, 2.45) is 10.9 Å². The Kier molecular flexibility index (Phi) is 5.89. The third-order valence-electron chi connectivity index (χ3n) is 3.08. The van der Waals surface area contributed by atoms with Crippen LogP contribution >= 0.6 is 23.2 Å². The molecule has 6 nitrogen and oxygen atoms in total. The number of halogens is 2. The normalized spacial score (nSPS) is 11.1. The zero-order valence-electron chi connectivity index (χ0n) is 12.9. The number of hydrogen-bond donors (Lipinski definition) is 1. The van der Waals surface area contributed by atoms with E-state index in [1.54, 1.807) is 31.4 Å². The average Bonchev–Trinajstić information content (AvgIpc) is 2.61. The second kappa shape index (κ2) is 7.90. The molecule has 0 radical (unpaired) electrons. The molecule has 2 N–H and O–H groups in total. The lowest BCUT2D eigenvalue weighted by Gasteiger charge is -2.09. The van der Waals surface area contributed by atoms with Crippen molar-refractivity contribution in [1.29, 1.82) is 0 Å². The van der Waals surface area contributed by atoms with Crippen molar-refractivity contribution >= 4 is 35.0 Å². The standard InChI is InChI=1S/C16H14Cl2N2O4/c1-22-10-5-3-9(4-6-10)15(19)20-24-16(21)13-11(17)7-8-12(18)14(13)23-2/h3-8H,1-2H3,(H2,19,20). The summed E-state index contributed by atoms with van der Waals surface area (Å²) in [5.74, 6) is -0.0506. The molecule has 126 valence electrons.